The number of rotatable bonds is 5. The highest BCUT2D eigenvalue weighted by molar-refractivity contribution is 14.1. The van der Waals surface area contributed by atoms with E-state index in [4.69, 9.17) is 5.73 Å². The molecule has 2 aromatic rings. The van der Waals surface area contributed by atoms with E-state index in [-0.39, 0.29) is 12.0 Å². The van der Waals surface area contributed by atoms with E-state index in [2.05, 4.69) is 27.9 Å². The molecule has 1 atom stereocenters. The molecule has 8 heteroatoms. The highest BCUT2D eigenvalue weighted by Crippen LogP contribution is 2.29. The lowest BCUT2D eigenvalue weighted by molar-refractivity contribution is -0.137. The van der Waals surface area contributed by atoms with E-state index in [0.717, 1.165) is 27.3 Å². The van der Waals surface area contributed by atoms with Crippen molar-refractivity contribution in [2.75, 3.05) is 0 Å². The molecule has 0 saturated carbocycles. The minimum atomic E-state index is -4.56. The second-order valence-corrected chi connectivity index (χ2v) is 6.59. The summed E-state index contributed by atoms with van der Waals surface area (Å²) in [5.74, 6) is -1.56. The van der Waals surface area contributed by atoms with Gasteiger partial charge in [0.05, 0.1) is 5.56 Å². The molecule has 3 N–H and O–H groups in total. The van der Waals surface area contributed by atoms with Crippen LogP contribution in [0.15, 0.2) is 48.5 Å². The van der Waals surface area contributed by atoms with Gasteiger partial charge in [-0.15, -0.1) is 0 Å². The maximum absolute atomic E-state index is 12.7. The number of primary amides is 1. The first-order valence-corrected chi connectivity index (χ1v) is 8.26. The minimum absolute atomic E-state index is 0.150. The summed E-state index contributed by atoms with van der Waals surface area (Å²) in [7, 11) is 0. The average molecular weight is 462 g/mol. The van der Waals surface area contributed by atoms with E-state index >= 15 is 0 Å². The van der Waals surface area contributed by atoms with Crippen molar-refractivity contribution in [2.45, 2.75) is 18.6 Å². The van der Waals surface area contributed by atoms with Gasteiger partial charge in [-0.05, 0) is 58.5 Å². The van der Waals surface area contributed by atoms with Gasteiger partial charge in [0.1, 0.15) is 6.04 Å². The van der Waals surface area contributed by atoms with Gasteiger partial charge in [-0.2, -0.15) is 13.2 Å². The van der Waals surface area contributed by atoms with Crippen LogP contribution in [-0.2, 0) is 17.4 Å². The number of halogens is 4. The maximum atomic E-state index is 12.7. The monoisotopic (exact) mass is 462 g/mol. The van der Waals surface area contributed by atoms with Crippen LogP contribution >= 0.6 is 22.6 Å². The molecule has 0 bridgehead atoms. The topological polar surface area (TPSA) is 72.2 Å². The Bertz CT molecular complexity index is 793. The summed E-state index contributed by atoms with van der Waals surface area (Å²) in [4.78, 5) is 23.8. The van der Waals surface area contributed by atoms with Gasteiger partial charge < -0.3 is 11.1 Å². The summed E-state index contributed by atoms with van der Waals surface area (Å²) >= 11 is 2.11. The van der Waals surface area contributed by atoms with Crippen LogP contribution < -0.4 is 11.1 Å². The van der Waals surface area contributed by atoms with Crippen molar-refractivity contribution >= 4 is 34.4 Å². The number of carbonyl (C=O) groups is 2. The number of hydrogen-bond donors (Lipinski definition) is 2. The molecule has 2 aromatic carbocycles. The first-order chi connectivity index (χ1) is 11.7. The van der Waals surface area contributed by atoms with Crippen molar-refractivity contribution in [1.82, 2.24) is 5.32 Å². The van der Waals surface area contributed by atoms with E-state index in [0.29, 0.717) is 0 Å². The zero-order valence-corrected chi connectivity index (χ0v) is 15.0. The van der Waals surface area contributed by atoms with E-state index in [9.17, 15) is 22.8 Å². The first kappa shape index (κ1) is 19.2. The van der Waals surface area contributed by atoms with Crippen LogP contribution in [0, 0.1) is 3.57 Å². The quantitative estimate of drug-likeness (QED) is 0.671. The Balaban J connectivity index is 2.17. The second kappa shape index (κ2) is 7.85. The lowest BCUT2D eigenvalue weighted by atomic mass is 10.0. The molecule has 4 nitrogen and oxygen atoms in total. The first-order valence-electron chi connectivity index (χ1n) is 7.18. The van der Waals surface area contributed by atoms with Crippen molar-refractivity contribution in [3.05, 3.63) is 68.8 Å². The van der Waals surface area contributed by atoms with Crippen LogP contribution in [-0.4, -0.2) is 17.9 Å². The average Bonchev–Trinajstić information content (AvgIpc) is 2.53. The Hall–Kier alpha value is -2.10. The molecule has 0 aromatic heterocycles. The highest BCUT2D eigenvalue weighted by atomic mass is 127. The van der Waals surface area contributed by atoms with Gasteiger partial charge in [0.25, 0.3) is 5.91 Å². The summed E-state index contributed by atoms with van der Waals surface area (Å²) in [6.07, 6.45) is -4.41. The van der Waals surface area contributed by atoms with E-state index < -0.39 is 29.6 Å². The fourth-order valence-corrected chi connectivity index (χ4v) is 2.81. The Morgan fingerprint density at radius 1 is 1.12 bits per heavy atom. The summed E-state index contributed by atoms with van der Waals surface area (Å²) in [5, 5.41) is 2.40. The molecule has 2 rings (SSSR count). The third kappa shape index (κ3) is 5.45. The second-order valence-electron chi connectivity index (χ2n) is 5.34. The summed E-state index contributed by atoms with van der Waals surface area (Å²) in [6.45, 7) is 0. The van der Waals surface area contributed by atoms with Crippen LogP contribution in [0.1, 0.15) is 21.5 Å². The number of nitrogens with one attached hydrogen (secondary N) is 1. The van der Waals surface area contributed by atoms with E-state index in [1.807, 2.05) is 12.1 Å². The van der Waals surface area contributed by atoms with Crippen LogP contribution in [0.2, 0.25) is 0 Å². The highest BCUT2D eigenvalue weighted by Gasteiger charge is 2.31. The molecule has 25 heavy (non-hydrogen) atoms. The van der Waals surface area contributed by atoms with Crippen molar-refractivity contribution in [3.63, 3.8) is 0 Å². The molecule has 0 fully saturated rings. The molecule has 132 valence electrons. The van der Waals surface area contributed by atoms with E-state index in [1.54, 1.807) is 12.1 Å². The summed E-state index contributed by atoms with van der Waals surface area (Å²) in [5.41, 5.74) is 4.96. The molecule has 0 aliphatic heterocycles. The van der Waals surface area contributed by atoms with Gasteiger partial charge >= 0.3 is 6.18 Å². The van der Waals surface area contributed by atoms with Gasteiger partial charge in [0.2, 0.25) is 5.91 Å². The Kier molecular flexibility index (Phi) is 6.04. The number of carbonyl (C=O) groups excluding carboxylic acids is 2. The molecule has 0 spiro atoms. The summed E-state index contributed by atoms with van der Waals surface area (Å²) in [6, 6.07) is 10.2. The zero-order chi connectivity index (χ0) is 18.6. The lowest BCUT2D eigenvalue weighted by Crippen LogP contribution is -2.45. The van der Waals surface area contributed by atoms with Gasteiger partial charge in [-0.1, -0.05) is 18.2 Å². The third-order valence-electron chi connectivity index (χ3n) is 3.43. The van der Waals surface area contributed by atoms with Crippen LogP contribution in [0.3, 0.4) is 0 Å². The Morgan fingerprint density at radius 3 is 2.40 bits per heavy atom. The molecule has 2 amide bonds. The molecule has 0 aliphatic carbocycles. The third-order valence-corrected chi connectivity index (χ3v) is 4.10. The summed E-state index contributed by atoms with van der Waals surface area (Å²) < 4.78 is 39.2. The number of nitrogens with two attached hydrogens (primary N) is 1. The molecule has 0 heterocycles. The lowest BCUT2D eigenvalue weighted by Gasteiger charge is -2.16. The smallest absolute Gasteiger partial charge is 0.368 e. The normalized spacial score (nSPS) is 12.5. The molecule has 0 radical (unpaired) electrons. The van der Waals surface area contributed by atoms with Gasteiger partial charge in [-0.25, -0.2) is 0 Å². The molecule has 0 aliphatic rings. The van der Waals surface area contributed by atoms with Gasteiger partial charge in [0, 0.05) is 15.6 Å². The fraction of sp³-hybridized carbons (Fsp3) is 0.176. The SMILES string of the molecule is NC(=O)[C@@H](Cc1cccc(I)c1)NC(=O)c1cccc(C(F)(F)F)c1. The van der Waals surface area contributed by atoms with Crippen molar-refractivity contribution in [3.8, 4) is 0 Å². The molecule has 0 unspecified atom stereocenters. The largest absolute Gasteiger partial charge is 0.416 e. The Labute approximate surface area is 155 Å². The number of benzene rings is 2. The maximum Gasteiger partial charge on any atom is 0.416 e. The number of alkyl halides is 3. The zero-order valence-electron chi connectivity index (χ0n) is 12.8. The molecule has 0 saturated heterocycles. The van der Waals surface area contributed by atoms with Crippen molar-refractivity contribution in [1.29, 1.82) is 0 Å². The standard InChI is InChI=1S/C17H14F3IN2O2/c18-17(19,20)12-5-2-4-11(9-12)16(25)23-14(15(22)24)8-10-3-1-6-13(21)7-10/h1-7,9,14H,8H2,(H2,22,24)(H,23,25)/t14-/m1/s1. The molecular formula is C17H14F3IN2O2. The van der Waals surface area contributed by atoms with Crippen LogP contribution in [0.5, 0.6) is 0 Å². The predicted octanol–water partition coefficient (Wildman–Crippen LogP) is 3.14. The fourth-order valence-electron chi connectivity index (χ4n) is 2.20. The Morgan fingerprint density at radius 2 is 1.80 bits per heavy atom. The predicted molar refractivity (Wildman–Crippen MR) is 94.8 cm³/mol. The van der Waals surface area contributed by atoms with Crippen LogP contribution in [0.25, 0.3) is 0 Å². The number of amides is 2. The van der Waals surface area contributed by atoms with Gasteiger partial charge in [0.15, 0.2) is 0 Å². The van der Waals surface area contributed by atoms with E-state index in [1.165, 1.54) is 6.07 Å². The van der Waals surface area contributed by atoms with Crippen molar-refractivity contribution in [2.24, 2.45) is 5.73 Å². The number of hydrogen-bond acceptors (Lipinski definition) is 2. The van der Waals surface area contributed by atoms with Gasteiger partial charge in [-0.3, -0.25) is 9.59 Å². The van der Waals surface area contributed by atoms with Crippen molar-refractivity contribution < 1.29 is 22.8 Å². The minimum Gasteiger partial charge on any atom is -0.368 e. The molecular weight excluding hydrogens is 448 g/mol. The van der Waals surface area contributed by atoms with Crippen LogP contribution in [0.4, 0.5) is 13.2 Å².